The predicted octanol–water partition coefficient (Wildman–Crippen LogP) is 5.92. The monoisotopic (exact) mass is 467 g/mol. The first-order chi connectivity index (χ1) is 15.4. The Labute approximate surface area is 191 Å². The molecule has 0 bridgehead atoms. The maximum absolute atomic E-state index is 12.7. The van der Waals surface area contributed by atoms with Gasteiger partial charge in [0.1, 0.15) is 5.75 Å². The van der Waals surface area contributed by atoms with Gasteiger partial charge in [0.25, 0.3) is 0 Å². The van der Waals surface area contributed by atoms with Crippen molar-refractivity contribution in [2.45, 2.75) is 18.1 Å². The minimum atomic E-state index is -2.23. The van der Waals surface area contributed by atoms with E-state index in [4.69, 9.17) is 16.3 Å². The summed E-state index contributed by atoms with van der Waals surface area (Å²) in [7, 11) is -0.656. The summed E-state index contributed by atoms with van der Waals surface area (Å²) in [6.07, 6.45) is 7.13. The van der Waals surface area contributed by atoms with Crippen molar-refractivity contribution in [2.24, 2.45) is 4.36 Å². The van der Waals surface area contributed by atoms with Crippen molar-refractivity contribution >= 4 is 49.6 Å². The zero-order valence-electron chi connectivity index (χ0n) is 17.6. The van der Waals surface area contributed by atoms with Gasteiger partial charge in [-0.15, -0.1) is 0 Å². The summed E-state index contributed by atoms with van der Waals surface area (Å²) >= 11 is 6.43. The first-order valence-corrected chi connectivity index (χ1v) is 12.6. The van der Waals surface area contributed by atoms with Crippen LogP contribution in [0.15, 0.2) is 59.2 Å². The summed E-state index contributed by atoms with van der Waals surface area (Å²) in [5, 5.41) is 4.88. The van der Waals surface area contributed by atoms with Crippen LogP contribution in [0.3, 0.4) is 0 Å². The molecule has 2 aromatic heterocycles. The number of methoxy groups -OCH3 is 1. The molecule has 5 rings (SSSR count). The van der Waals surface area contributed by atoms with Crippen LogP contribution in [0.25, 0.3) is 22.2 Å². The number of anilines is 2. The lowest BCUT2D eigenvalue weighted by molar-refractivity contribution is 0.417. The molecule has 1 saturated carbocycles. The Morgan fingerprint density at radius 2 is 2.06 bits per heavy atom. The number of benzene rings is 2. The third-order valence-electron chi connectivity index (χ3n) is 5.45. The summed E-state index contributed by atoms with van der Waals surface area (Å²) in [6.45, 7) is 0. The largest absolute Gasteiger partial charge is 0.494 e. The number of nitrogens with zero attached hydrogens (tertiary/aromatic N) is 3. The van der Waals surface area contributed by atoms with Crippen molar-refractivity contribution < 1.29 is 8.95 Å². The molecule has 1 aliphatic carbocycles. The fourth-order valence-corrected chi connectivity index (χ4v) is 5.52. The number of aromatic nitrogens is 3. The molecule has 1 unspecified atom stereocenters. The van der Waals surface area contributed by atoms with E-state index < -0.39 is 9.73 Å². The third-order valence-corrected chi connectivity index (χ3v) is 8.01. The average molecular weight is 468 g/mol. The first kappa shape index (κ1) is 20.8. The van der Waals surface area contributed by atoms with Crippen LogP contribution in [-0.2, 0) is 9.73 Å². The molecule has 0 radical (unpaired) electrons. The number of H-pyrrole nitrogens is 1. The highest BCUT2D eigenvalue weighted by Crippen LogP contribution is 2.36. The Hall–Kier alpha value is -3.10. The summed E-state index contributed by atoms with van der Waals surface area (Å²) in [5.41, 5.74) is 3.83. The topological polar surface area (TPSA) is 92.3 Å². The predicted molar refractivity (Wildman–Crippen MR) is 130 cm³/mol. The lowest BCUT2D eigenvalue weighted by atomic mass is 10.1. The van der Waals surface area contributed by atoms with E-state index in [1.165, 1.54) is 0 Å². The van der Waals surface area contributed by atoms with Crippen molar-refractivity contribution in [3.63, 3.8) is 0 Å². The van der Waals surface area contributed by atoms with Gasteiger partial charge in [-0.05, 0) is 31.0 Å². The highest BCUT2D eigenvalue weighted by atomic mass is 35.5. The van der Waals surface area contributed by atoms with Crippen molar-refractivity contribution in [2.75, 3.05) is 18.7 Å². The van der Waals surface area contributed by atoms with E-state index in [0.717, 1.165) is 29.3 Å². The van der Waals surface area contributed by atoms with Crippen LogP contribution < -0.4 is 10.1 Å². The van der Waals surface area contributed by atoms with Gasteiger partial charge in [0.2, 0.25) is 5.95 Å². The Kier molecular flexibility index (Phi) is 5.27. The fourth-order valence-electron chi connectivity index (χ4n) is 3.63. The molecule has 0 amide bonds. The van der Waals surface area contributed by atoms with Gasteiger partial charge >= 0.3 is 0 Å². The van der Waals surface area contributed by atoms with Crippen LogP contribution in [0.1, 0.15) is 12.8 Å². The van der Waals surface area contributed by atoms with Crippen LogP contribution in [0.5, 0.6) is 5.75 Å². The Morgan fingerprint density at radius 3 is 2.84 bits per heavy atom. The van der Waals surface area contributed by atoms with Crippen LogP contribution in [0.4, 0.5) is 17.3 Å². The molecule has 0 spiro atoms. The van der Waals surface area contributed by atoms with E-state index in [-0.39, 0.29) is 5.25 Å². The van der Waals surface area contributed by atoms with Crippen molar-refractivity contribution in [3.05, 3.63) is 59.9 Å². The second-order valence-corrected chi connectivity index (χ2v) is 10.8. The Balaban J connectivity index is 1.48. The Bertz CT molecular complexity index is 1440. The maximum atomic E-state index is 12.7. The second kappa shape index (κ2) is 8.11. The van der Waals surface area contributed by atoms with Gasteiger partial charge < -0.3 is 15.0 Å². The van der Waals surface area contributed by atoms with Crippen LogP contribution in [-0.4, -0.2) is 37.8 Å². The first-order valence-electron chi connectivity index (χ1n) is 10.2. The van der Waals surface area contributed by atoms with E-state index in [1.807, 2.05) is 42.6 Å². The zero-order valence-corrected chi connectivity index (χ0v) is 19.2. The van der Waals surface area contributed by atoms with Gasteiger partial charge in [-0.3, -0.25) is 0 Å². The molecule has 2 aromatic carbocycles. The molecule has 0 aliphatic heterocycles. The molecular formula is C23H22ClN5O2S. The molecule has 32 heavy (non-hydrogen) atoms. The standard InChI is InChI=1S/C23H22ClN5O2S/c1-31-21-11-14(29-32(2,30)15-8-9-15)7-10-20(21)27-23-26-13-18(24)22(28-23)17-12-25-19-6-4-3-5-16(17)19/h3-7,10-13,15,25H,8-9H2,1-2H3,(H,26,27,28). The highest BCUT2D eigenvalue weighted by Gasteiger charge is 2.30. The molecule has 2 N–H and O–H groups in total. The van der Waals surface area contributed by atoms with E-state index in [0.29, 0.717) is 33.8 Å². The summed E-state index contributed by atoms with van der Waals surface area (Å²) in [5.74, 6) is 0.944. The normalized spacial score (nSPS) is 15.3. The lowest BCUT2D eigenvalue weighted by Gasteiger charge is -2.12. The third kappa shape index (κ3) is 4.03. The van der Waals surface area contributed by atoms with E-state index in [2.05, 4.69) is 24.6 Å². The van der Waals surface area contributed by atoms with Crippen LogP contribution in [0, 0.1) is 0 Å². The minimum Gasteiger partial charge on any atom is -0.494 e. The summed E-state index contributed by atoms with van der Waals surface area (Å²) in [4.78, 5) is 12.2. The molecule has 0 saturated heterocycles. The van der Waals surface area contributed by atoms with Crippen molar-refractivity contribution in [3.8, 4) is 17.0 Å². The quantitative estimate of drug-likeness (QED) is 0.367. The molecule has 2 heterocycles. The number of hydrogen-bond acceptors (Lipinski definition) is 6. The Morgan fingerprint density at radius 1 is 1.25 bits per heavy atom. The smallest absolute Gasteiger partial charge is 0.227 e. The van der Waals surface area contributed by atoms with Crippen LogP contribution in [0.2, 0.25) is 5.02 Å². The molecule has 1 fully saturated rings. The van der Waals surface area contributed by atoms with Gasteiger partial charge in [-0.1, -0.05) is 29.8 Å². The average Bonchev–Trinajstić information content (AvgIpc) is 3.57. The molecule has 1 atom stereocenters. The number of fused-ring (bicyclic) bond motifs is 1. The van der Waals surface area contributed by atoms with E-state index in [9.17, 15) is 4.21 Å². The highest BCUT2D eigenvalue weighted by molar-refractivity contribution is 7.93. The van der Waals surface area contributed by atoms with Gasteiger partial charge in [-0.2, -0.15) is 4.36 Å². The van der Waals surface area contributed by atoms with Gasteiger partial charge in [0.05, 0.1) is 45.1 Å². The molecule has 4 aromatic rings. The zero-order chi connectivity index (χ0) is 22.3. The summed E-state index contributed by atoms with van der Waals surface area (Å²) < 4.78 is 22.7. The lowest BCUT2D eigenvalue weighted by Crippen LogP contribution is -2.02. The van der Waals surface area contributed by atoms with Gasteiger partial charge in [0.15, 0.2) is 0 Å². The number of para-hydroxylation sites is 1. The van der Waals surface area contributed by atoms with Gasteiger partial charge in [0, 0.05) is 40.2 Å². The minimum absolute atomic E-state index is 0.191. The SMILES string of the molecule is COc1cc(N=S(C)(=O)C2CC2)ccc1Nc1ncc(Cl)c(-c2c[nH]c3ccccc23)n1. The number of hydrogen-bond donors (Lipinski definition) is 2. The molecule has 1 aliphatic rings. The second-order valence-electron chi connectivity index (χ2n) is 7.80. The van der Waals surface area contributed by atoms with E-state index in [1.54, 1.807) is 25.6 Å². The van der Waals surface area contributed by atoms with Crippen molar-refractivity contribution in [1.82, 2.24) is 15.0 Å². The number of halogens is 1. The number of aromatic amines is 1. The van der Waals surface area contributed by atoms with E-state index >= 15 is 0 Å². The molecular weight excluding hydrogens is 446 g/mol. The number of rotatable bonds is 6. The number of ether oxygens (including phenoxy) is 1. The summed E-state index contributed by atoms with van der Waals surface area (Å²) in [6, 6.07) is 13.4. The molecule has 164 valence electrons. The molecule has 9 heteroatoms. The maximum Gasteiger partial charge on any atom is 0.227 e. The van der Waals surface area contributed by atoms with Crippen molar-refractivity contribution in [1.29, 1.82) is 0 Å². The molecule has 7 nitrogen and oxygen atoms in total. The van der Waals surface area contributed by atoms with Gasteiger partial charge in [-0.25, -0.2) is 14.2 Å². The van der Waals surface area contributed by atoms with Crippen LogP contribution >= 0.6 is 11.6 Å². The number of nitrogens with one attached hydrogen (secondary N) is 2. The fraction of sp³-hybridized carbons (Fsp3) is 0.217.